The highest BCUT2D eigenvalue weighted by Crippen LogP contribution is 2.27. The van der Waals surface area contributed by atoms with Crippen LogP contribution in [0, 0.1) is 11.8 Å². The molecule has 1 aliphatic rings. The number of carboxylic acid groups (broad SMARTS) is 1. The number of carbonyl (C=O) groups excluding carboxylic acids is 1. The van der Waals surface area contributed by atoms with Crippen molar-refractivity contribution in [2.75, 3.05) is 20.3 Å². The van der Waals surface area contributed by atoms with Gasteiger partial charge in [-0.05, 0) is 24.7 Å². The molecule has 0 aliphatic heterocycles. The molecule has 1 rings (SSSR count). The summed E-state index contributed by atoms with van der Waals surface area (Å²) in [5, 5.41) is 14.0. The van der Waals surface area contributed by atoms with Gasteiger partial charge in [-0.25, -0.2) is 9.59 Å². The second kappa shape index (κ2) is 7.99. The molecule has 1 aliphatic carbocycles. The summed E-state index contributed by atoms with van der Waals surface area (Å²) in [6, 6.07) is -1.44. The molecular formula is C13H24N2O4. The summed E-state index contributed by atoms with van der Waals surface area (Å²) in [5.74, 6) is 0.194. The van der Waals surface area contributed by atoms with Gasteiger partial charge in [0.15, 0.2) is 6.04 Å². The van der Waals surface area contributed by atoms with Crippen LogP contribution < -0.4 is 10.6 Å². The van der Waals surface area contributed by atoms with E-state index in [-0.39, 0.29) is 6.61 Å². The zero-order valence-corrected chi connectivity index (χ0v) is 11.6. The lowest BCUT2D eigenvalue weighted by molar-refractivity contribution is -0.140. The fraction of sp³-hybridized carbons (Fsp3) is 0.846. The van der Waals surface area contributed by atoms with Crippen LogP contribution in [-0.2, 0) is 9.53 Å². The van der Waals surface area contributed by atoms with Crippen LogP contribution in [0.3, 0.4) is 0 Å². The number of nitrogens with one attached hydrogen (secondary N) is 2. The summed E-state index contributed by atoms with van der Waals surface area (Å²) in [6.45, 7) is 2.82. The number of amides is 2. The van der Waals surface area contributed by atoms with Gasteiger partial charge in [0.1, 0.15) is 0 Å². The molecule has 2 amide bonds. The Morgan fingerprint density at radius 2 is 1.95 bits per heavy atom. The Hall–Kier alpha value is -1.30. The van der Waals surface area contributed by atoms with Gasteiger partial charge in [0.2, 0.25) is 0 Å². The first kappa shape index (κ1) is 15.8. The molecule has 0 heterocycles. The van der Waals surface area contributed by atoms with Crippen LogP contribution in [0.15, 0.2) is 0 Å². The van der Waals surface area contributed by atoms with Crippen LogP contribution >= 0.6 is 0 Å². The van der Waals surface area contributed by atoms with E-state index in [1.165, 1.54) is 20.0 Å². The minimum absolute atomic E-state index is 0.0380. The molecule has 6 heteroatoms. The molecule has 0 aromatic rings. The van der Waals surface area contributed by atoms with Gasteiger partial charge in [-0.3, -0.25) is 0 Å². The zero-order chi connectivity index (χ0) is 14.3. The van der Waals surface area contributed by atoms with Crippen molar-refractivity contribution in [1.82, 2.24) is 10.6 Å². The largest absolute Gasteiger partial charge is 0.480 e. The Kier molecular flexibility index (Phi) is 6.62. The van der Waals surface area contributed by atoms with Crippen LogP contribution in [-0.4, -0.2) is 43.4 Å². The molecule has 1 atom stereocenters. The molecule has 0 spiro atoms. The normalized spacial score (nSPS) is 24.5. The monoisotopic (exact) mass is 272 g/mol. The molecule has 19 heavy (non-hydrogen) atoms. The summed E-state index contributed by atoms with van der Waals surface area (Å²) in [4.78, 5) is 22.4. The SMILES string of the molecule is COCC(NC(=O)NCC1CCC(C)CC1)C(=O)O. The van der Waals surface area contributed by atoms with Crippen LogP contribution in [0.1, 0.15) is 32.6 Å². The molecule has 3 N–H and O–H groups in total. The third kappa shape index (κ3) is 5.92. The number of rotatable bonds is 6. The van der Waals surface area contributed by atoms with E-state index in [9.17, 15) is 9.59 Å². The summed E-state index contributed by atoms with van der Waals surface area (Å²) in [7, 11) is 1.40. The van der Waals surface area contributed by atoms with E-state index < -0.39 is 18.0 Å². The van der Waals surface area contributed by atoms with Crippen LogP contribution in [0.25, 0.3) is 0 Å². The van der Waals surface area contributed by atoms with E-state index in [2.05, 4.69) is 17.6 Å². The molecule has 0 radical (unpaired) electrons. The highest BCUT2D eigenvalue weighted by molar-refractivity contribution is 5.82. The highest BCUT2D eigenvalue weighted by atomic mass is 16.5. The third-order valence-electron chi connectivity index (χ3n) is 3.62. The number of ether oxygens (including phenoxy) is 1. The smallest absolute Gasteiger partial charge is 0.328 e. The molecule has 0 bridgehead atoms. The number of carbonyl (C=O) groups is 2. The van der Waals surface area contributed by atoms with Crippen molar-refractivity contribution < 1.29 is 19.4 Å². The lowest BCUT2D eigenvalue weighted by Crippen LogP contribution is -2.49. The second-order valence-corrected chi connectivity index (χ2v) is 5.33. The van der Waals surface area contributed by atoms with Gasteiger partial charge in [0.05, 0.1) is 6.61 Å². The maximum absolute atomic E-state index is 11.6. The first-order chi connectivity index (χ1) is 9.02. The second-order valence-electron chi connectivity index (χ2n) is 5.33. The maximum Gasteiger partial charge on any atom is 0.328 e. The lowest BCUT2D eigenvalue weighted by Gasteiger charge is -2.26. The Labute approximate surface area is 113 Å². The first-order valence-corrected chi connectivity index (χ1v) is 6.79. The minimum atomic E-state index is -1.09. The van der Waals surface area contributed by atoms with Crippen molar-refractivity contribution in [2.24, 2.45) is 11.8 Å². The number of carboxylic acids is 1. The Bertz CT molecular complexity index is 301. The minimum Gasteiger partial charge on any atom is -0.480 e. The molecule has 1 saturated carbocycles. The van der Waals surface area contributed by atoms with Crippen molar-refractivity contribution in [3.05, 3.63) is 0 Å². The van der Waals surface area contributed by atoms with Crippen molar-refractivity contribution in [2.45, 2.75) is 38.6 Å². The average Bonchev–Trinajstić information content (AvgIpc) is 2.37. The van der Waals surface area contributed by atoms with E-state index in [1.807, 2.05) is 0 Å². The lowest BCUT2D eigenvalue weighted by atomic mass is 9.83. The Morgan fingerprint density at radius 3 is 2.47 bits per heavy atom. The summed E-state index contributed by atoms with van der Waals surface area (Å²) in [5.41, 5.74) is 0. The molecular weight excluding hydrogens is 248 g/mol. The van der Waals surface area contributed by atoms with Gasteiger partial charge in [0.25, 0.3) is 0 Å². The molecule has 6 nitrogen and oxygen atoms in total. The van der Waals surface area contributed by atoms with E-state index in [1.54, 1.807) is 0 Å². The third-order valence-corrected chi connectivity index (χ3v) is 3.62. The van der Waals surface area contributed by atoms with Gasteiger partial charge in [-0.15, -0.1) is 0 Å². The van der Waals surface area contributed by atoms with Gasteiger partial charge >= 0.3 is 12.0 Å². The predicted molar refractivity (Wildman–Crippen MR) is 71.0 cm³/mol. The maximum atomic E-state index is 11.6. The van der Waals surface area contributed by atoms with Crippen molar-refractivity contribution in [1.29, 1.82) is 0 Å². The van der Waals surface area contributed by atoms with Crippen molar-refractivity contribution in [3.8, 4) is 0 Å². The first-order valence-electron chi connectivity index (χ1n) is 6.79. The van der Waals surface area contributed by atoms with Gasteiger partial charge in [-0.1, -0.05) is 19.8 Å². The fourth-order valence-corrected chi connectivity index (χ4v) is 2.32. The van der Waals surface area contributed by atoms with Crippen LogP contribution in [0.2, 0.25) is 0 Å². The number of aliphatic carboxylic acids is 1. The number of urea groups is 1. The number of hydrogen-bond acceptors (Lipinski definition) is 3. The highest BCUT2D eigenvalue weighted by Gasteiger charge is 2.21. The van der Waals surface area contributed by atoms with E-state index >= 15 is 0 Å². The Morgan fingerprint density at radius 1 is 1.32 bits per heavy atom. The predicted octanol–water partition coefficient (Wildman–Crippen LogP) is 1.21. The van der Waals surface area contributed by atoms with Crippen molar-refractivity contribution in [3.63, 3.8) is 0 Å². The van der Waals surface area contributed by atoms with Gasteiger partial charge in [0, 0.05) is 13.7 Å². The molecule has 0 aromatic heterocycles. The van der Waals surface area contributed by atoms with Crippen molar-refractivity contribution >= 4 is 12.0 Å². The van der Waals surface area contributed by atoms with E-state index in [0.717, 1.165) is 18.8 Å². The molecule has 1 unspecified atom stereocenters. The summed E-state index contributed by atoms with van der Waals surface area (Å²) >= 11 is 0. The fourth-order valence-electron chi connectivity index (χ4n) is 2.32. The van der Waals surface area contributed by atoms with E-state index in [4.69, 9.17) is 9.84 Å². The van der Waals surface area contributed by atoms with Gasteiger partial charge in [-0.2, -0.15) is 0 Å². The van der Waals surface area contributed by atoms with Gasteiger partial charge < -0.3 is 20.5 Å². The quantitative estimate of drug-likeness (QED) is 0.678. The number of methoxy groups -OCH3 is 1. The standard InChI is InChI=1S/C13H24N2O4/c1-9-3-5-10(6-4-9)7-14-13(18)15-11(8-19-2)12(16)17/h9-11H,3-8H2,1-2H3,(H,16,17)(H2,14,15,18). The molecule has 0 aromatic carbocycles. The topological polar surface area (TPSA) is 87.7 Å². The van der Waals surface area contributed by atoms with E-state index in [0.29, 0.717) is 12.5 Å². The molecule has 0 saturated heterocycles. The average molecular weight is 272 g/mol. The summed E-state index contributed by atoms with van der Waals surface area (Å²) < 4.78 is 4.75. The number of hydrogen-bond donors (Lipinski definition) is 3. The van der Waals surface area contributed by atoms with Crippen LogP contribution in [0.4, 0.5) is 4.79 Å². The van der Waals surface area contributed by atoms with Crippen LogP contribution in [0.5, 0.6) is 0 Å². The zero-order valence-electron chi connectivity index (χ0n) is 11.6. The molecule has 1 fully saturated rings. The summed E-state index contributed by atoms with van der Waals surface area (Å²) in [6.07, 6.45) is 4.66. The Balaban J connectivity index is 2.24. The molecule has 110 valence electrons.